The summed E-state index contributed by atoms with van der Waals surface area (Å²) in [4.78, 5) is 35.1. The number of esters is 1. The van der Waals surface area contributed by atoms with Gasteiger partial charge in [0.25, 0.3) is 5.91 Å². The third kappa shape index (κ3) is 7.04. The number of rotatable bonds is 9. The maximum Gasteiger partial charge on any atom is 0.329 e. The first-order valence-corrected chi connectivity index (χ1v) is 9.38. The zero-order valence-corrected chi connectivity index (χ0v) is 15.6. The molecule has 0 aromatic heterocycles. The highest BCUT2D eigenvalue weighted by Crippen LogP contribution is 2.20. The van der Waals surface area contributed by atoms with Crippen LogP contribution in [-0.2, 0) is 20.7 Å². The Bertz CT molecular complexity index is 622. The minimum atomic E-state index is -0.859. The Morgan fingerprint density at radius 1 is 1.32 bits per heavy atom. The van der Waals surface area contributed by atoms with Crippen LogP contribution in [0.5, 0.6) is 0 Å². The molecule has 0 bridgehead atoms. The summed E-state index contributed by atoms with van der Waals surface area (Å²) in [6, 6.07) is 4.10. The van der Waals surface area contributed by atoms with Gasteiger partial charge in [-0.15, -0.1) is 0 Å². The lowest BCUT2D eigenvalue weighted by molar-refractivity contribution is -0.149. The van der Waals surface area contributed by atoms with Crippen LogP contribution in [0, 0.1) is 6.92 Å². The van der Waals surface area contributed by atoms with Crippen LogP contribution >= 0.6 is 11.8 Å². The third-order valence-electron chi connectivity index (χ3n) is 3.56. The van der Waals surface area contributed by atoms with Crippen molar-refractivity contribution in [2.45, 2.75) is 32.7 Å². The summed E-state index contributed by atoms with van der Waals surface area (Å²) in [5.41, 5.74) is 7.75. The molecule has 0 fully saturated rings. The zero-order valence-electron chi connectivity index (χ0n) is 14.8. The second kappa shape index (κ2) is 10.6. The number of hydrogen-bond donors (Lipinski definition) is 3. The van der Waals surface area contributed by atoms with Crippen molar-refractivity contribution < 1.29 is 19.1 Å². The number of primary amides is 1. The third-order valence-corrected chi connectivity index (χ3v) is 4.21. The molecule has 1 aromatic carbocycles. The second-order valence-electron chi connectivity index (χ2n) is 5.46. The Balaban J connectivity index is 2.62. The Labute approximate surface area is 152 Å². The molecule has 8 heteroatoms. The molecule has 0 aliphatic rings. The number of anilines is 1. The normalized spacial score (nSPS) is 11.5. The number of benzene rings is 1. The lowest BCUT2D eigenvalue weighted by atomic mass is 10.1. The van der Waals surface area contributed by atoms with E-state index in [4.69, 9.17) is 10.5 Å². The van der Waals surface area contributed by atoms with Gasteiger partial charge in [0.1, 0.15) is 6.04 Å². The van der Waals surface area contributed by atoms with Crippen LogP contribution in [0.15, 0.2) is 18.2 Å². The minimum Gasteiger partial charge on any atom is -0.454 e. The van der Waals surface area contributed by atoms with Gasteiger partial charge in [-0.2, -0.15) is 11.8 Å². The number of aryl methyl sites for hydroxylation is 2. The van der Waals surface area contributed by atoms with E-state index in [1.54, 1.807) is 0 Å². The van der Waals surface area contributed by atoms with Gasteiger partial charge in [-0.1, -0.05) is 25.1 Å². The van der Waals surface area contributed by atoms with Crippen LogP contribution in [0.4, 0.5) is 10.5 Å². The number of carbonyl (C=O) groups is 3. The Hall–Kier alpha value is -2.22. The van der Waals surface area contributed by atoms with Gasteiger partial charge in [-0.25, -0.2) is 9.59 Å². The van der Waals surface area contributed by atoms with Crippen molar-refractivity contribution in [3.8, 4) is 0 Å². The van der Waals surface area contributed by atoms with E-state index in [1.165, 1.54) is 11.8 Å². The molecule has 0 aliphatic carbocycles. The predicted octanol–water partition coefficient (Wildman–Crippen LogP) is 1.83. The van der Waals surface area contributed by atoms with Crippen molar-refractivity contribution in [1.29, 1.82) is 0 Å². The quantitative estimate of drug-likeness (QED) is 0.577. The molecular formula is C17H25N3O4S. The molecule has 4 N–H and O–H groups in total. The van der Waals surface area contributed by atoms with Crippen LogP contribution in [0.2, 0.25) is 0 Å². The molecule has 0 radical (unpaired) electrons. The zero-order chi connectivity index (χ0) is 18.8. The summed E-state index contributed by atoms with van der Waals surface area (Å²) in [5.74, 6) is -0.460. The van der Waals surface area contributed by atoms with E-state index in [-0.39, 0.29) is 0 Å². The molecule has 1 aromatic rings. The fourth-order valence-corrected chi connectivity index (χ4v) is 2.74. The van der Waals surface area contributed by atoms with Crippen molar-refractivity contribution in [1.82, 2.24) is 5.32 Å². The average Bonchev–Trinajstić information content (AvgIpc) is 2.57. The average molecular weight is 367 g/mol. The fraction of sp³-hybridized carbons (Fsp3) is 0.471. The molecule has 0 spiro atoms. The second-order valence-corrected chi connectivity index (χ2v) is 6.45. The van der Waals surface area contributed by atoms with Crippen LogP contribution in [-0.4, -0.2) is 42.6 Å². The number of carbonyl (C=O) groups excluding carboxylic acids is 3. The van der Waals surface area contributed by atoms with Gasteiger partial charge in [-0.05, 0) is 42.9 Å². The van der Waals surface area contributed by atoms with E-state index < -0.39 is 30.6 Å². The lowest BCUT2D eigenvalue weighted by Crippen LogP contribution is -2.45. The lowest BCUT2D eigenvalue weighted by Gasteiger charge is -2.16. The molecule has 0 heterocycles. The van der Waals surface area contributed by atoms with Crippen molar-refractivity contribution >= 4 is 35.4 Å². The number of amides is 3. The molecule has 3 amide bonds. The number of hydrogen-bond acceptors (Lipinski definition) is 5. The number of nitrogens with one attached hydrogen (secondary N) is 2. The molecule has 0 saturated heterocycles. The van der Waals surface area contributed by atoms with Gasteiger partial charge in [0.15, 0.2) is 6.61 Å². The SMILES string of the molecule is CCc1cccc(C)c1NC(=O)COC(=O)[C@H](CCSC)NC(N)=O. The molecule has 0 saturated carbocycles. The topological polar surface area (TPSA) is 111 Å². The van der Waals surface area contributed by atoms with Crippen LogP contribution in [0.3, 0.4) is 0 Å². The van der Waals surface area contributed by atoms with E-state index in [0.29, 0.717) is 12.2 Å². The van der Waals surface area contributed by atoms with Crippen molar-refractivity contribution in [3.05, 3.63) is 29.3 Å². The number of urea groups is 1. The van der Waals surface area contributed by atoms with Crippen LogP contribution in [0.25, 0.3) is 0 Å². The molecule has 0 aliphatic heterocycles. The summed E-state index contributed by atoms with van der Waals surface area (Å²) in [7, 11) is 0. The first-order valence-electron chi connectivity index (χ1n) is 7.98. The maximum absolute atomic E-state index is 12.1. The summed E-state index contributed by atoms with van der Waals surface area (Å²) in [5, 5.41) is 5.11. The molecule has 0 unspecified atom stereocenters. The number of nitrogens with two attached hydrogens (primary N) is 1. The fourth-order valence-electron chi connectivity index (χ4n) is 2.27. The highest BCUT2D eigenvalue weighted by Gasteiger charge is 2.22. The van der Waals surface area contributed by atoms with E-state index in [0.717, 1.165) is 23.2 Å². The van der Waals surface area contributed by atoms with Crippen LogP contribution < -0.4 is 16.4 Å². The van der Waals surface area contributed by atoms with Crippen LogP contribution in [0.1, 0.15) is 24.5 Å². The predicted molar refractivity (Wildman–Crippen MR) is 99.7 cm³/mol. The summed E-state index contributed by atoms with van der Waals surface area (Å²) < 4.78 is 5.02. The smallest absolute Gasteiger partial charge is 0.329 e. The largest absolute Gasteiger partial charge is 0.454 e. The van der Waals surface area contributed by atoms with E-state index in [1.807, 2.05) is 38.3 Å². The number of para-hydroxylation sites is 1. The highest BCUT2D eigenvalue weighted by molar-refractivity contribution is 7.98. The highest BCUT2D eigenvalue weighted by atomic mass is 32.2. The first-order chi connectivity index (χ1) is 11.9. The first kappa shape index (κ1) is 20.8. The Kier molecular flexibility index (Phi) is 8.83. The van der Waals surface area contributed by atoms with Crippen molar-refractivity contribution in [2.75, 3.05) is 23.9 Å². The molecule has 138 valence electrons. The molecular weight excluding hydrogens is 342 g/mol. The van der Waals surface area contributed by atoms with Gasteiger partial charge >= 0.3 is 12.0 Å². The van der Waals surface area contributed by atoms with Gasteiger partial charge in [0, 0.05) is 5.69 Å². The Morgan fingerprint density at radius 3 is 2.64 bits per heavy atom. The van der Waals surface area contributed by atoms with Gasteiger partial charge < -0.3 is 21.1 Å². The summed E-state index contributed by atoms with van der Waals surface area (Å²) >= 11 is 1.53. The van der Waals surface area contributed by atoms with Gasteiger partial charge in [-0.3, -0.25) is 4.79 Å². The van der Waals surface area contributed by atoms with E-state index in [2.05, 4.69) is 10.6 Å². The van der Waals surface area contributed by atoms with Gasteiger partial charge in [0.05, 0.1) is 0 Å². The van der Waals surface area contributed by atoms with Crippen molar-refractivity contribution in [2.24, 2.45) is 5.73 Å². The maximum atomic E-state index is 12.1. The van der Waals surface area contributed by atoms with Crippen molar-refractivity contribution in [3.63, 3.8) is 0 Å². The molecule has 1 rings (SSSR count). The van der Waals surface area contributed by atoms with E-state index >= 15 is 0 Å². The number of ether oxygens (including phenoxy) is 1. The molecule has 25 heavy (non-hydrogen) atoms. The Morgan fingerprint density at radius 2 is 2.04 bits per heavy atom. The monoisotopic (exact) mass is 367 g/mol. The summed E-state index contributed by atoms with van der Waals surface area (Å²) in [6.45, 7) is 3.47. The summed E-state index contributed by atoms with van der Waals surface area (Å²) in [6.07, 6.45) is 3.03. The van der Waals surface area contributed by atoms with E-state index in [9.17, 15) is 14.4 Å². The van der Waals surface area contributed by atoms with Gasteiger partial charge in [0.2, 0.25) is 0 Å². The molecule has 1 atom stereocenters. The molecule has 7 nitrogen and oxygen atoms in total. The minimum absolute atomic E-state index is 0.377. The standard InChI is InChI=1S/C17H25N3O4S/c1-4-12-7-5-6-11(2)15(12)20-14(21)10-24-16(22)13(8-9-25-3)19-17(18)23/h5-7,13H,4,8-10H2,1-3H3,(H,20,21)(H3,18,19,23)/t13-/m0/s1. The number of thioether (sulfide) groups is 1.